The van der Waals surface area contributed by atoms with E-state index >= 15 is 0 Å². The van der Waals surface area contributed by atoms with Crippen LogP contribution in [0.25, 0.3) is 0 Å². The molecule has 0 aromatic heterocycles. The van der Waals surface area contributed by atoms with Crippen molar-refractivity contribution in [1.29, 1.82) is 0 Å². The lowest BCUT2D eigenvalue weighted by atomic mass is 9.77. The molecule has 0 spiro atoms. The zero-order valence-corrected chi connectivity index (χ0v) is 10.5. The number of ketones is 1. The minimum atomic E-state index is 0.197. The molecule has 0 bridgehead atoms. The number of nitrogens with two attached hydrogens (primary N) is 1. The number of anilines is 1. The predicted molar refractivity (Wildman–Crippen MR) is 70.9 cm³/mol. The van der Waals surface area contributed by atoms with Crippen molar-refractivity contribution >= 4 is 11.5 Å². The van der Waals surface area contributed by atoms with E-state index in [1.807, 2.05) is 24.3 Å². The lowest BCUT2D eigenvalue weighted by molar-refractivity contribution is 0.0872. The van der Waals surface area contributed by atoms with E-state index in [-0.39, 0.29) is 11.7 Å². The van der Waals surface area contributed by atoms with Gasteiger partial charge in [-0.1, -0.05) is 25.5 Å². The monoisotopic (exact) mass is 231 g/mol. The highest BCUT2D eigenvalue weighted by Gasteiger charge is 2.26. The van der Waals surface area contributed by atoms with Crippen LogP contribution < -0.4 is 5.73 Å². The van der Waals surface area contributed by atoms with Gasteiger partial charge < -0.3 is 5.73 Å². The van der Waals surface area contributed by atoms with Gasteiger partial charge in [0.05, 0.1) is 0 Å². The molecule has 0 aliphatic heterocycles. The van der Waals surface area contributed by atoms with E-state index in [0.717, 1.165) is 18.8 Å². The molecular formula is C15H21NO. The first kappa shape index (κ1) is 12.2. The van der Waals surface area contributed by atoms with E-state index in [4.69, 9.17) is 5.73 Å². The Hall–Kier alpha value is -1.31. The Balaban J connectivity index is 2.04. The van der Waals surface area contributed by atoms with Crippen molar-refractivity contribution in [3.63, 3.8) is 0 Å². The summed E-state index contributed by atoms with van der Waals surface area (Å²) in [5.41, 5.74) is 7.20. The number of para-hydroxylation sites is 1. The Bertz CT molecular complexity index is 392. The lowest BCUT2D eigenvalue weighted by Gasteiger charge is -2.27. The molecule has 1 aromatic carbocycles. The third kappa shape index (κ3) is 2.68. The number of Topliss-reactive ketones (excluding diaryl/α,β-unsaturated/α-hetero) is 1. The molecule has 2 heteroatoms. The number of rotatable bonds is 3. The first-order valence-electron chi connectivity index (χ1n) is 6.61. The summed E-state index contributed by atoms with van der Waals surface area (Å²) in [6.07, 6.45) is 5.70. The van der Waals surface area contributed by atoms with Crippen LogP contribution in [0.5, 0.6) is 0 Å². The number of nitrogen functional groups attached to an aromatic ring is 1. The second-order valence-electron chi connectivity index (χ2n) is 5.08. The Morgan fingerprint density at radius 3 is 2.47 bits per heavy atom. The van der Waals surface area contributed by atoms with E-state index in [9.17, 15) is 4.79 Å². The van der Waals surface area contributed by atoms with Gasteiger partial charge in [0.1, 0.15) is 0 Å². The summed E-state index contributed by atoms with van der Waals surface area (Å²) in [5.74, 6) is 1.27. The number of carbonyl (C=O) groups is 1. The van der Waals surface area contributed by atoms with Gasteiger partial charge in [-0.2, -0.15) is 0 Å². The Morgan fingerprint density at radius 2 is 1.88 bits per heavy atom. The summed E-state index contributed by atoms with van der Waals surface area (Å²) in [6, 6.07) is 7.43. The molecular weight excluding hydrogens is 210 g/mol. The van der Waals surface area contributed by atoms with Gasteiger partial charge in [0, 0.05) is 17.2 Å². The van der Waals surface area contributed by atoms with Gasteiger partial charge in [-0.25, -0.2) is 0 Å². The van der Waals surface area contributed by atoms with Gasteiger partial charge in [0.25, 0.3) is 0 Å². The van der Waals surface area contributed by atoms with Crippen molar-refractivity contribution in [3.05, 3.63) is 29.8 Å². The van der Waals surface area contributed by atoms with Crippen LogP contribution in [0.15, 0.2) is 24.3 Å². The first-order chi connectivity index (χ1) is 8.22. The van der Waals surface area contributed by atoms with Crippen LogP contribution in [-0.2, 0) is 0 Å². The van der Waals surface area contributed by atoms with Gasteiger partial charge in [-0.15, -0.1) is 0 Å². The summed E-state index contributed by atoms with van der Waals surface area (Å²) in [4.78, 5) is 12.3. The van der Waals surface area contributed by atoms with Crippen LogP contribution in [0.1, 0.15) is 49.4 Å². The van der Waals surface area contributed by atoms with E-state index in [0.29, 0.717) is 11.3 Å². The van der Waals surface area contributed by atoms with Gasteiger partial charge in [-0.3, -0.25) is 4.79 Å². The van der Waals surface area contributed by atoms with Gasteiger partial charge in [0.15, 0.2) is 5.78 Å². The zero-order valence-electron chi connectivity index (χ0n) is 10.5. The maximum Gasteiger partial charge on any atom is 0.168 e. The minimum Gasteiger partial charge on any atom is -0.398 e. The van der Waals surface area contributed by atoms with Crippen molar-refractivity contribution in [2.24, 2.45) is 11.8 Å². The highest BCUT2D eigenvalue weighted by molar-refractivity contribution is 6.02. The highest BCUT2D eigenvalue weighted by Crippen LogP contribution is 2.33. The highest BCUT2D eigenvalue weighted by atomic mass is 16.1. The number of hydrogen-bond donors (Lipinski definition) is 1. The lowest BCUT2D eigenvalue weighted by Crippen LogP contribution is -2.22. The van der Waals surface area contributed by atoms with Crippen LogP contribution in [-0.4, -0.2) is 5.78 Å². The summed E-state index contributed by atoms with van der Waals surface area (Å²) in [5, 5.41) is 0. The van der Waals surface area contributed by atoms with Gasteiger partial charge >= 0.3 is 0 Å². The number of carbonyl (C=O) groups excluding carboxylic acids is 1. The fourth-order valence-electron chi connectivity index (χ4n) is 2.77. The SMILES string of the molecule is CCC1CCC(C(=O)c2ccccc2N)CC1. The summed E-state index contributed by atoms with van der Waals surface area (Å²) in [7, 11) is 0. The molecule has 2 N–H and O–H groups in total. The molecule has 0 unspecified atom stereocenters. The van der Waals surface area contributed by atoms with Crippen LogP contribution in [0.3, 0.4) is 0 Å². The third-order valence-corrected chi connectivity index (χ3v) is 4.02. The van der Waals surface area contributed by atoms with E-state index in [2.05, 4.69) is 6.92 Å². The van der Waals surface area contributed by atoms with Crippen molar-refractivity contribution in [2.45, 2.75) is 39.0 Å². The molecule has 0 saturated heterocycles. The summed E-state index contributed by atoms with van der Waals surface area (Å²) in [6.45, 7) is 2.24. The fourth-order valence-corrected chi connectivity index (χ4v) is 2.77. The molecule has 1 aliphatic rings. The second kappa shape index (κ2) is 5.35. The van der Waals surface area contributed by atoms with Crippen LogP contribution in [0.4, 0.5) is 5.69 Å². The van der Waals surface area contributed by atoms with Crippen molar-refractivity contribution in [1.82, 2.24) is 0 Å². The fraction of sp³-hybridized carbons (Fsp3) is 0.533. The van der Waals surface area contributed by atoms with Gasteiger partial charge in [0.2, 0.25) is 0 Å². The summed E-state index contributed by atoms with van der Waals surface area (Å²) >= 11 is 0. The van der Waals surface area contributed by atoms with Crippen LogP contribution in [0, 0.1) is 11.8 Å². The van der Waals surface area contributed by atoms with Gasteiger partial charge in [-0.05, 0) is 43.7 Å². The third-order valence-electron chi connectivity index (χ3n) is 4.02. The van der Waals surface area contributed by atoms with E-state index in [1.165, 1.54) is 19.3 Å². The number of benzene rings is 1. The molecule has 1 aromatic rings. The van der Waals surface area contributed by atoms with Crippen LogP contribution >= 0.6 is 0 Å². The maximum atomic E-state index is 12.3. The smallest absolute Gasteiger partial charge is 0.168 e. The zero-order chi connectivity index (χ0) is 12.3. The Labute approximate surface area is 103 Å². The largest absolute Gasteiger partial charge is 0.398 e. The average molecular weight is 231 g/mol. The molecule has 0 heterocycles. The molecule has 0 atom stereocenters. The maximum absolute atomic E-state index is 12.3. The Morgan fingerprint density at radius 1 is 1.24 bits per heavy atom. The van der Waals surface area contributed by atoms with Crippen molar-refractivity contribution in [3.8, 4) is 0 Å². The van der Waals surface area contributed by atoms with E-state index < -0.39 is 0 Å². The molecule has 1 saturated carbocycles. The standard InChI is InChI=1S/C15H21NO/c1-2-11-7-9-12(10-8-11)15(17)13-5-3-4-6-14(13)16/h3-6,11-12H,2,7-10,16H2,1H3. The normalized spacial score (nSPS) is 24.5. The molecule has 1 fully saturated rings. The predicted octanol–water partition coefficient (Wildman–Crippen LogP) is 3.67. The average Bonchev–Trinajstić information content (AvgIpc) is 2.39. The Kier molecular flexibility index (Phi) is 3.82. The molecule has 1 aliphatic carbocycles. The first-order valence-corrected chi connectivity index (χ1v) is 6.61. The molecule has 2 rings (SSSR count). The number of hydrogen-bond acceptors (Lipinski definition) is 2. The second-order valence-corrected chi connectivity index (χ2v) is 5.08. The van der Waals surface area contributed by atoms with E-state index in [1.54, 1.807) is 0 Å². The minimum absolute atomic E-state index is 0.197. The van der Waals surface area contributed by atoms with Crippen LogP contribution in [0.2, 0.25) is 0 Å². The van der Waals surface area contributed by atoms with Crippen molar-refractivity contribution in [2.75, 3.05) is 5.73 Å². The molecule has 0 amide bonds. The molecule has 2 nitrogen and oxygen atoms in total. The summed E-state index contributed by atoms with van der Waals surface area (Å²) < 4.78 is 0. The molecule has 92 valence electrons. The topological polar surface area (TPSA) is 43.1 Å². The van der Waals surface area contributed by atoms with Crippen molar-refractivity contribution < 1.29 is 4.79 Å². The quantitative estimate of drug-likeness (QED) is 0.637. The molecule has 0 radical (unpaired) electrons. The molecule has 17 heavy (non-hydrogen) atoms.